The third-order valence-electron chi connectivity index (χ3n) is 2.79. The third-order valence-corrected chi connectivity index (χ3v) is 4.87. The van der Waals surface area contributed by atoms with Crippen molar-refractivity contribution in [2.24, 2.45) is 0 Å². The molecule has 16 heavy (non-hydrogen) atoms. The van der Waals surface area contributed by atoms with E-state index in [4.69, 9.17) is 23.2 Å². The van der Waals surface area contributed by atoms with Gasteiger partial charge in [-0.2, -0.15) is 0 Å². The molecule has 0 spiro atoms. The third kappa shape index (κ3) is 2.21. The molecule has 0 aromatic heterocycles. The van der Waals surface area contributed by atoms with Crippen LogP contribution in [-0.2, 0) is 0 Å². The van der Waals surface area contributed by atoms with E-state index in [0.717, 1.165) is 27.9 Å². The van der Waals surface area contributed by atoms with Gasteiger partial charge in [0, 0.05) is 26.8 Å². The average molecular weight is 276 g/mol. The van der Waals surface area contributed by atoms with E-state index in [1.54, 1.807) is 0 Å². The van der Waals surface area contributed by atoms with Crippen molar-refractivity contribution in [1.29, 1.82) is 0 Å². The van der Waals surface area contributed by atoms with Crippen LogP contribution in [0.25, 0.3) is 0 Å². The highest BCUT2D eigenvalue weighted by atomic mass is 35.5. The van der Waals surface area contributed by atoms with E-state index >= 15 is 0 Å². The van der Waals surface area contributed by atoms with Crippen molar-refractivity contribution in [3.8, 4) is 0 Å². The molecule has 1 aromatic rings. The fourth-order valence-electron chi connectivity index (χ4n) is 2.01. The molecule has 88 valence electrons. The van der Waals surface area contributed by atoms with Crippen LogP contribution in [0.15, 0.2) is 17.0 Å². The Bertz CT molecular complexity index is 395. The van der Waals surface area contributed by atoms with Gasteiger partial charge in [0.2, 0.25) is 0 Å². The molecule has 1 aromatic carbocycles. The van der Waals surface area contributed by atoms with Gasteiger partial charge in [-0.1, -0.05) is 37.0 Å². The lowest BCUT2D eigenvalue weighted by atomic mass is 10.0. The van der Waals surface area contributed by atoms with Crippen LogP contribution in [0.1, 0.15) is 31.9 Å². The predicted molar refractivity (Wildman–Crippen MR) is 72.8 cm³/mol. The largest absolute Gasteiger partial charge is 0.309 e. The van der Waals surface area contributed by atoms with Crippen molar-refractivity contribution in [2.45, 2.75) is 36.5 Å². The first-order chi connectivity index (χ1) is 7.65. The Morgan fingerprint density at radius 2 is 2.00 bits per heavy atom. The lowest BCUT2D eigenvalue weighted by Crippen LogP contribution is -2.26. The predicted octanol–water partition coefficient (Wildman–Crippen LogP) is 4.53. The molecule has 0 radical (unpaired) electrons. The first kappa shape index (κ1) is 12.6. The Morgan fingerprint density at radius 1 is 1.31 bits per heavy atom. The lowest BCUT2D eigenvalue weighted by Gasteiger charge is -2.18. The molecule has 1 aliphatic heterocycles. The highest BCUT2D eigenvalue weighted by Gasteiger charge is 2.33. The summed E-state index contributed by atoms with van der Waals surface area (Å²) >= 11 is 14.3. The second-order valence-electron chi connectivity index (χ2n) is 4.03. The maximum absolute atomic E-state index is 6.27. The van der Waals surface area contributed by atoms with Crippen molar-refractivity contribution >= 4 is 35.0 Å². The van der Waals surface area contributed by atoms with E-state index in [1.807, 2.05) is 23.9 Å². The molecule has 1 nitrogen and oxygen atoms in total. The molecule has 1 heterocycles. The van der Waals surface area contributed by atoms with Gasteiger partial charge in [0.1, 0.15) is 0 Å². The van der Waals surface area contributed by atoms with Gasteiger partial charge in [0.25, 0.3) is 0 Å². The molecule has 1 aliphatic rings. The normalized spacial score (nSPS) is 23.5. The van der Waals surface area contributed by atoms with E-state index in [0.29, 0.717) is 11.3 Å². The molecule has 0 amide bonds. The summed E-state index contributed by atoms with van der Waals surface area (Å²) in [6.07, 6.45) is 1.13. The second-order valence-corrected chi connectivity index (χ2v) is 6.23. The van der Waals surface area contributed by atoms with Crippen molar-refractivity contribution in [3.63, 3.8) is 0 Å². The zero-order valence-corrected chi connectivity index (χ0v) is 11.7. The molecule has 0 saturated heterocycles. The molecular formula is C12H15Cl2NS. The molecular weight excluding hydrogens is 261 g/mol. The number of benzene rings is 1. The molecule has 2 rings (SSSR count). The minimum absolute atomic E-state index is 0.325. The molecule has 4 heteroatoms. The fourth-order valence-corrected chi connectivity index (χ4v) is 3.93. The molecule has 1 N–H and O–H groups in total. The summed E-state index contributed by atoms with van der Waals surface area (Å²) in [4.78, 5) is 1.15. The number of hydrogen-bond acceptors (Lipinski definition) is 2. The van der Waals surface area contributed by atoms with Crippen molar-refractivity contribution in [3.05, 3.63) is 27.7 Å². The van der Waals surface area contributed by atoms with Crippen LogP contribution >= 0.6 is 35.0 Å². The summed E-state index contributed by atoms with van der Waals surface area (Å²) in [7, 11) is 0. The molecule has 0 fully saturated rings. The topological polar surface area (TPSA) is 12.0 Å². The monoisotopic (exact) mass is 275 g/mol. The molecule has 2 unspecified atom stereocenters. The van der Waals surface area contributed by atoms with E-state index in [1.165, 1.54) is 5.56 Å². The minimum atomic E-state index is 0.325. The quantitative estimate of drug-likeness (QED) is 0.870. The molecule has 0 bridgehead atoms. The second kappa shape index (κ2) is 5.18. The summed E-state index contributed by atoms with van der Waals surface area (Å²) < 4.78 is 0. The molecule has 0 saturated carbocycles. The van der Waals surface area contributed by atoms with Crippen LogP contribution in [0.4, 0.5) is 0 Å². The van der Waals surface area contributed by atoms with Gasteiger partial charge in [-0.15, -0.1) is 11.8 Å². The Kier molecular flexibility index (Phi) is 4.06. The maximum atomic E-state index is 6.27. The van der Waals surface area contributed by atoms with Crippen LogP contribution < -0.4 is 5.32 Å². The number of rotatable bonds is 3. The zero-order chi connectivity index (χ0) is 11.7. The number of fused-ring (bicyclic) bond motifs is 1. The Morgan fingerprint density at radius 3 is 2.69 bits per heavy atom. The SMILES string of the molecule is CCCNC1c2c(Cl)ccc(Cl)c2SC1C. The van der Waals surface area contributed by atoms with Crippen molar-refractivity contribution in [1.82, 2.24) is 5.32 Å². The van der Waals surface area contributed by atoms with Gasteiger partial charge < -0.3 is 5.32 Å². The van der Waals surface area contributed by atoms with E-state index in [2.05, 4.69) is 19.2 Å². The maximum Gasteiger partial charge on any atom is 0.0546 e. The van der Waals surface area contributed by atoms with Gasteiger partial charge in [-0.05, 0) is 25.1 Å². The fraction of sp³-hybridized carbons (Fsp3) is 0.500. The van der Waals surface area contributed by atoms with Crippen molar-refractivity contribution in [2.75, 3.05) is 6.54 Å². The highest BCUT2D eigenvalue weighted by molar-refractivity contribution is 8.00. The Balaban J connectivity index is 2.35. The summed E-state index contributed by atoms with van der Waals surface area (Å²) in [5, 5.41) is 5.67. The summed E-state index contributed by atoms with van der Waals surface area (Å²) in [6, 6.07) is 4.10. The standard InChI is InChI=1S/C12H15Cl2NS/c1-3-6-15-11-7(2)16-12-9(14)5-4-8(13)10(11)12/h4-5,7,11,15H,3,6H2,1-2H3. The van der Waals surface area contributed by atoms with Crippen LogP contribution in [0.2, 0.25) is 10.0 Å². The number of halogens is 2. The van der Waals surface area contributed by atoms with Gasteiger partial charge in [0.15, 0.2) is 0 Å². The van der Waals surface area contributed by atoms with Crippen LogP contribution in [-0.4, -0.2) is 11.8 Å². The summed E-state index contributed by atoms with van der Waals surface area (Å²) in [5.41, 5.74) is 1.18. The molecule has 2 atom stereocenters. The van der Waals surface area contributed by atoms with Gasteiger partial charge in [-0.3, -0.25) is 0 Å². The number of thioether (sulfide) groups is 1. The lowest BCUT2D eigenvalue weighted by molar-refractivity contribution is 0.532. The minimum Gasteiger partial charge on any atom is -0.309 e. The van der Waals surface area contributed by atoms with Crippen LogP contribution in [0.3, 0.4) is 0 Å². The van der Waals surface area contributed by atoms with Crippen molar-refractivity contribution < 1.29 is 0 Å². The first-order valence-corrected chi connectivity index (χ1v) is 7.16. The summed E-state index contributed by atoms with van der Waals surface area (Å²) in [5.74, 6) is 0. The van der Waals surface area contributed by atoms with E-state index < -0.39 is 0 Å². The summed E-state index contributed by atoms with van der Waals surface area (Å²) in [6.45, 7) is 5.39. The van der Waals surface area contributed by atoms with Gasteiger partial charge in [0.05, 0.1) is 5.02 Å². The molecule has 0 aliphatic carbocycles. The Labute approximate surface area is 111 Å². The zero-order valence-electron chi connectivity index (χ0n) is 9.39. The number of nitrogens with one attached hydrogen (secondary N) is 1. The van der Waals surface area contributed by atoms with E-state index in [9.17, 15) is 0 Å². The highest BCUT2D eigenvalue weighted by Crippen LogP contribution is 2.49. The Hall–Kier alpha value is 0.110. The number of hydrogen-bond donors (Lipinski definition) is 1. The smallest absolute Gasteiger partial charge is 0.0546 e. The van der Waals surface area contributed by atoms with E-state index in [-0.39, 0.29) is 0 Å². The first-order valence-electron chi connectivity index (χ1n) is 5.53. The van der Waals surface area contributed by atoms with Gasteiger partial charge in [-0.25, -0.2) is 0 Å². The van der Waals surface area contributed by atoms with Crippen LogP contribution in [0.5, 0.6) is 0 Å². The van der Waals surface area contributed by atoms with Crippen LogP contribution in [0, 0.1) is 0 Å². The van der Waals surface area contributed by atoms with Gasteiger partial charge >= 0.3 is 0 Å². The average Bonchev–Trinajstić information content (AvgIpc) is 2.59.